The van der Waals surface area contributed by atoms with E-state index in [0.717, 1.165) is 4.47 Å². The number of rotatable bonds is 1. The first kappa shape index (κ1) is 15.2. The molecule has 0 N–H and O–H groups in total. The van der Waals surface area contributed by atoms with Crippen molar-refractivity contribution in [1.82, 2.24) is 0 Å². The molecule has 0 fully saturated rings. The second-order valence-electron chi connectivity index (χ2n) is 7.11. The molecule has 0 bridgehead atoms. The Balaban J connectivity index is 1.77. The van der Waals surface area contributed by atoms with Gasteiger partial charge in [0.2, 0.25) is 0 Å². The van der Waals surface area contributed by atoms with Crippen LogP contribution >= 0.6 is 15.9 Å². The molecule has 0 saturated heterocycles. The molecular weight excluding hydrogens is 392 g/mol. The molecule has 0 heterocycles. The van der Waals surface area contributed by atoms with Gasteiger partial charge in [0.05, 0.1) is 0 Å². The molecule has 0 spiro atoms. The van der Waals surface area contributed by atoms with E-state index in [4.69, 9.17) is 0 Å². The van der Waals surface area contributed by atoms with Gasteiger partial charge in [0, 0.05) is 4.47 Å². The second-order valence-corrected chi connectivity index (χ2v) is 8.02. The average Bonchev–Trinajstić information content (AvgIpc) is 3.03. The average molecular weight is 407 g/mol. The highest BCUT2D eigenvalue weighted by Crippen LogP contribution is 2.50. The zero-order chi connectivity index (χ0) is 18.0. The van der Waals surface area contributed by atoms with Crippen molar-refractivity contribution in [2.45, 2.75) is 0 Å². The molecule has 0 nitrogen and oxygen atoms in total. The fraction of sp³-hybridized carbons (Fsp3) is 0. The molecule has 5 aromatic rings. The van der Waals surface area contributed by atoms with Crippen LogP contribution in [-0.2, 0) is 0 Å². The minimum Gasteiger partial charge on any atom is -0.0616 e. The Morgan fingerprint density at radius 2 is 1.07 bits per heavy atom. The zero-order valence-electron chi connectivity index (χ0n) is 14.5. The van der Waals surface area contributed by atoms with Gasteiger partial charge in [-0.1, -0.05) is 94.8 Å². The molecule has 1 heteroatoms. The monoisotopic (exact) mass is 406 g/mol. The Morgan fingerprint density at radius 1 is 0.444 bits per heavy atom. The second kappa shape index (κ2) is 5.55. The van der Waals surface area contributed by atoms with Crippen molar-refractivity contribution >= 4 is 37.5 Å². The molecule has 5 aromatic carbocycles. The van der Waals surface area contributed by atoms with E-state index in [1.807, 2.05) is 0 Å². The Bertz CT molecular complexity index is 1370. The lowest BCUT2D eigenvalue weighted by Gasteiger charge is -2.13. The summed E-state index contributed by atoms with van der Waals surface area (Å²) in [6.07, 6.45) is 0. The summed E-state index contributed by atoms with van der Waals surface area (Å²) in [4.78, 5) is 0. The summed E-state index contributed by atoms with van der Waals surface area (Å²) >= 11 is 3.76. The molecule has 126 valence electrons. The third-order valence-corrected chi connectivity index (χ3v) is 6.12. The molecule has 0 atom stereocenters. The fourth-order valence-corrected chi connectivity index (χ4v) is 4.99. The summed E-state index contributed by atoms with van der Waals surface area (Å²) < 4.78 is 1.13. The van der Waals surface area contributed by atoms with Crippen molar-refractivity contribution in [3.63, 3.8) is 0 Å². The Hall–Kier alpha value is -2.90. The molecule has 1 aliphatic rings. The van der Waals surface area contributed by atoms with Crippen molar-refractivity contribution in [2.75, 3.05) is 0 Å². The van der Waals surface area contributed by atoms with Crippen molar-refractivity contribution in [3.8, 4) is 33.4 Å². The third kappa shape index (κ3) is 2.09. The number of hydrogen-bond acceptors (Lipinski definition) is 0. The van der Waals surface area contributed by atoms with Crippen molar-refractivity contribution in [3.05, 3.63) is 95.5 Å². The lowest BCUT2D eigenvalue weighted by atomic mass is 9.91. The van der Waals surface area contributed by atoms with Crippen LogP contribution < -0.4 is 0 Å². The summed E-state index contributed by atoms with van der Waals surface area (Å²) in [6.45, 7) is 0. The highest BCUT2D eigenvalue weighted by atomic mass is 79.9. The normalized spacial score (nSPS) is 11.9. The van der Waals surface area contributed by atoms with Crippen LogP contribution in [-0.4, -0.2) is 0 Å². The lowest BCUT2D eigenvalue weighted by Crippen LogP contribution is -1.86. The zero-order valence-corrected chi connectivity index (χ0v) is 16.1. The van der Waals surface area contributed by atoms with Gasteiger partial charge in [0.15, 0.2) is 0 Å². The van der Waals surface area contributed by atoms with Gasteiger partial charge >= 0.3 is 0 Å². The minimum absolute atomic E-state index is 1.13. The first-order valence-electron chi connectivity index (χ1n) is 9.15. The standard InChI is InChI=1S/C26H15Br/c27-17-14-24-21-10-4-3-9-20(21)23-13-12-22(25(15-17)26(23)24)19-11-5-7-16-6-1-2-8-18(16)19/h1-15H. The predicted molar refractivity (Wildman–Crippen MR) is 119 cm³/mol. The van der Waals surface area contributed by atoms with Gasteiger partial charge in [-0.15, -0.1) is 0 Å². The van der Waals surface area contributed by atoms with E-state index in [1.165, 1.54) is 54.9 Å². The number of halogens is 1. The Labute approximate surface area is 166 Å². The van der Waals surface area contributed by atoms with Crippen LogP contribution in [0.2, 0.25) is 0 Å². The van der Waals surface area contributed by atoms with E-state index in [1.54, 1.807) is 0 Å². The van der Waals surface area contributed by atoms with Crippen LogP contribution in [0.4, 0.5) is 0 Å². The van der Waals surface area contributed by atoms with E-state index >= 15 is 0 Å². The smallest absolute Gasteiger partial charge is 0.0188 e. The molecule has 27 heavy (non-hydrogen) atoms. The Morgan fingerprint density at radius 3 is 1.96 bits per heavy atom. The molecule has 6 rings (SSSR count). The van der Waals surface area contributed by atoms with Gasteiger partial charge in [0.25, 0.3) is 0 Å². The molecule has 1 aliphatic carbocycles. The molecule has 0 aliphatic heterocycles. The van der Waals surface area contributed by atoms with Crippen molar-refractivity contribution < 1.29 is 0 Å². The highest BCUT2D eigenvalue weighted by Gasteiger charge is 2.23. The SMILES string of the molecule is Brc1cc2c3c(ccc(-c4cccc5ccccc45)c3c1)-c1ccccc1-2. The molecule has 0 unspecified atom stereocenters. The van der Waals surface area contributed by atoms with Crippen LogP contribution in [0.15, 0.2) is 95.5 Å². The summed E-state index contributed by atoms with van der Waals surface area (Å²) in [5.74, 6) is 0. The topological polar surface area (TPSA) is 0 Å². The molecule has 0 aromatic heterocycles. The maximum Gasteiger partial charge on any atom is 0.0188 e. The van der Waals surface area contributed by atoms with Gasteiger partial charge in [0.1, 0.15) is 0 Å². The molecule has 0 radical (unpaired) electrons. The Kier molecular flexibility index (Phi) is 3.12. The van der Waals surface area contributed by atoms with Gasteiger partial charge in [-0.2, -0.15) is 0 Å². The number of fused-ring (bicyclic) bond motifs is 4. The van der Waals surface area contributed by atoms with E-state index in [0.29, 0.717) is 0 Å². The van der Waals surface area contributed by atoms with Crippen LogP contribution in [0.1, 0.15) is 0 Å². The van der Waals surface area contributed by atoms with Gasteiger partial charge in [-0.05, 0) is 67.1 Å². The number of hydrogen-bond donors (Lipinski definition) is 0. The molecular formula is C26H15Br. The van der Waals surface area contributed by atoms with Gasteiger partial charge < -0.3 is 0 Å². The molecule has 0 amide bonds. The maximum absolute atomic E-state index is 3.76. The fourth-order valence-electron chi connectivity index (χ4n) is 4.53. The van der Waals surface area contributed by atoms with Crippen LogP contribution in [0.3, 0.4) is 0 Å². The van der Waals surface area contributed by atoms with Gasteiger partial charge in [-0.3, -0.25) is 0 Å². The van der Waals surface area contributed by atoms with E-state index < -0.39 is 0 Å². The first-order chi connectivity index (χ1) is 13.3. The predicted octanol–water partition coefficient (Wildman–Crippen LogP) is 8.07. The summed E-state index contributed by atoms with van der Waals surface area (Å²) in [5, 5.41) is 5.25. The van der Waals surface area contributed by atoms with E-state index in [9.17, 15) is 0 Å². The van der Waals surface area contributed by atoms with Gasteiger partial charge in [-0.25, -0.2) is 0 Å². The number of benzene rings is 5. The minimum atomic E-state index is 1.13. The van der Waals surface area contributed by atoms with Crippen LogP contribution in [0.25, 0.3) is 54.9 Å². The van der Waals surface area contributed by atoms with Crippen LogP contribution in [0, 0.1) is 0 Å². The summed E-state index contributed by atoms with van der Waals surface area (Å²) in [7, 11) is 0. The molecule has 0 saturated carbocycles. The highest BCUT2D eigenvalue weighted by molar-refractivity contribution is 9.10. The lowest BCUT2D eigenvalue weighted by molar-refractivity contribution is 1.68. The van der Waals surface area contributed by atoms with E-state index in [2.05, 4.69) is 107 Å². The quantitative estimate of drug-likeness (QED) is 0.259. The maximum atomic E-state index is 3.76. The van der Waals surface area contributed by atoms with E-state index in [-0.39, 0.29) is 0 Å². The summed E-state index contributed by atoms with van der Waals surface area (Å²) in [5.41, 5.74) is 7.91. The van der Waals surface area contributed by atoms with Crippen LogP contribution in [0.5, 0.6) is 0 Å². The summed E-state index contributed by atoms with van der Waals surface area (Å²) in [6, 6.07) is 33.0. The first-order valence-corrected chi connectivity index (χ1v) is 9.95. The largest absolute Gasteiger partial charge is 0.0616 e. The van der Waals surface area contributed by atoms with Crippen molar-refractivity contribution in [2.24, 2.45) is 0 Å². The van der Waals surface area contributed by atoms with Crippen molar-refractivity contribution in [1.29, 1.82) is 0 Å². The third-order valence-electron chi connectivity index (χ3n) is 5.67.